The first-order valence-electron chi connectivity index (χ1n) is 6.22. The average Bonchev–Trinajstić information content (AvgIpc) is 3.02. The SMILES string of the molecule is Nc1ncnc2c1ncn2C1CCC(COP(=O)(O)O)O1.[Li]. The van der Waals surface area contributed by atoms with Crippen LogP contribution in [0.2, 0.25) is 0 Å². The van der Waals surface area contributed by atoms with Gasteiger partial charge in [-0.25, -0.2) is 19.5 Å². The van der Waals surface area contributed by atoms with Crippen molar-refractivity contribution in [2.75, 3.05) is 12.3 Å². The monoisotopic (exact) mass is 322 g/mol. The Bertz CT molecular complexity index is 706. The van der Waals surface area contributed by atoms with Crippen molar-refractivity contribution in [2.45, 2.75) is 25.2 Å². The molecule has 0 saturated carbocycles. The molecule has 4 N–H and O–H groups in total. The Morgan fingerprint density at radius 2 is 2.18 bits per heavy atom. The number of nitrogens with two attached hydrogens (primary N) is 1. The van der Waals surface area contributed by atoms with E-state index < -0.39 is 7.82 Å². The fourth-order valence-corrected chi connectivity index (χ4v) is 2.64. The van der Waals surface area contributed by atoms with Crippen molar-refractivity contribution in [3.63, 3.8) is 0 Å². The topological polar surface area (TPSA) is 146 Å². The van der Waals surface area contributed by atoms with Crippen molar-refractivity contribution in [3.8, 4) is 0 Å². The number of phosphoric ester groups is 1. The van der Waals surface area contributed by atoms with Crippen LogP contribution in [0.15, 0.2) is 12.7 Å². The summed E-state index contributed by atoms with van der Waals surface area (Å²) in [4.78, 5) is 29.5. The Hall–Kier alpha value is -0.983. The van der Waals surface area contributed by atoms with E-state index in [-0.39, 0.29) is 43.6 Å². The molecule has 1 fully saturated rings. The third kappa shape index (κ3) is 3.67. The molecule has 3 rings (SSSR count). The molecule has 0 amide bonds. The molecular weight excluding hydrogens is 308 g/mol. The van der Waals surface area contributed by atoms with Crippen LogP contribution in [0.4, 0.5) is 5.82 Å². The van der Waals surface area contributed by atoms with Crippen molar-refractivity contribution in [1.29, 1.82) is 0 Å². The standard InChI is InChI=1S/C10H14N5O5P.Li/c11-9-8-10(13-4-12-9)15(5-14-8)7-2-1-6(20-7)3-19-21(16,17)18;/h4-7H,1-3H2,(H2,11,12,13)(H2,16,17,18);. The van der Waals surface area contributed by atoms with E-state index in [2.05, 4.69) is 19.5 Å². The van der Waals surface area contributed by atoms with Crippen molar-refractivity contribution in [2.24, 2.45) is 0 Å². The molecule has 2 aromatic heterocycles. The van der Waals surface area contributed by atoms with E-state index in [0.29, 0.717) is 24.0 Å². The Morgan fingerprint density at radius 3 is 2.91 bits per heavy atom. The van der Waals surface area contributed by atoms with Gasteiger partial charge >= 0.3 is 7.82 Å². The molecule has 10 nitrogen and oxygen atoms in total. The molecule has 1 aliphatic rings. The first-order valence-corrected chi connectivity index (χ1v) is 7.75. The molecule has 1 saturated heterocycles. The Morgan fingerprint density at radius 1 is 1.41 bits per heavy atom. The summed E-state index contributed by atoms with van der Waals surface area (Å²) < 4.78 is 22.6. The van der Waals surface area contributed by atoms with Crippen LogP contribution in [-0.4, -0.2) is 60.9 Å². The third-order valence-corrected chi connectivity index (χ3v) is 3.70. The van der Waals surface area contributed by atoms with Gasteiger partial charge in [-0.05, 0) is 12.8 Å². The van der Waals surface area contributed by atoms with Crippen molar-refractivity contribution < 1.29 is 23.6 Å². The van der Waals surface area contributed by atoms with Crippen LogP contribution in [0, 0.1) is 0 Å². The van der Waals surface area contributed by atoms with Crippen LogP contribution < -0.4 is 5.73 Å². The van der Waals surface area contributed by atoms with Gasteiger partial charge in [0.1, 0.15) is 18.1 Å². The fourth-order valence-electron chi connectivity index (χ4n) is 2.27. The zero-order valence-electron chi connectivity index (χ0n) is 11.9. The Labute approximate surface area is 137 Å². The van der Waals surface area contributed by atoms with Crippen molar-refractivity contribution in [1.82, 2.24) is 19.5 Å². The van der Waals surface area contributed by atoms with Crippen LogP contribution in [0.5, 0.6) is 0 Å². The number of hydrogen-bond acceptors (Lipinski definition) is 7. The molecule has 0 aliphatic carbocycles. The van der Waals surface area contributed by atoms with Gasteiger partial charge in [-0.15, -0.1) is 0 Å². The second-order valence-corrected chi connectivity index (χ2v) is 5.90. The van der Waals surface area contributed by atoms with Crippen LogP contribution >= 0.6 is 7.82 Å². The number of imidazole rings is 1. The maximum absolute atomic E-state index is 10.7. The summed E-state index contributed by atoms with van der Waals surface area (Å²) in [5.74, 6) is 0.290. The molecule has 2 atom stereocenters. The molecule has 0 aromatic carbocycles. The molecule has 2 unspecified atom stereocenters. The summed E-state index contributed by atoms with van der Waals surface area (Å²) >= 11 is 0. The van der Waals surface area contributed by atoms with Crippen molar-refractivity contribution >= 4 is 43.7 Å². The smallest absolute Gasteiger partial charge is 0.382 e. The first kappa shape index (κ1) is 17.4. The number of nitrogen functional groups attached to an aromatic ring is 1. The number of ether oxygens (including phenoxy) is 1. The second kappa shape index (κ2) is 6.64. The largest absolute Gasteiger partial charge is 0.469 e. The average molecular weight is 322 g/mol. The van der Waals surface area contributed by atoms with Gasteiger partial charge < -0.3 is 20.3 Å². The number of nitrogens with zero attached hydrogens (tertiary/aromatic N) is 4. The normalized spacial score (nSPS) is 21.9. The van der Waals surface area contributed by atoms with Gasteiger partial charge in [0.2, 0.25) is 0 Å². The van der Waals surface area contributed by atoms with E-state index in [1.165, 1.54) is 6.33 Å². The van der Waals surface area contributed by atoms with Crippen LogP contribution in [0.1, 0.15) is 19.1 Å². The number of anilines is 1. The molecule has 1 radical (unpaired) electrons. The summed E-state index contributed by atoms with van der Waals surface area (Å²) in [5, 5.41) is 0. The van der Waals surface area contributed by atoms with Gasteiger partial charge in [0, 0.05) is 18.9 Å². The zero-order valence-corrected chi connectivity index (χ0v) is 12.8. The molecule has 22 heavy (non-hydrogen) atoms. The molecular formula is C10H14LiN5O5P. The Balaban J connectivity index is 0.00000176. The maximum Gasteiger partial charge on any atom is 0.469 e. The number of phosphoric acid groups is 1. The molecule has 0 bridgehead atoms. The molecule has 0 spiro atoms. The number of hydrogen-bond donors (Lipinski definition) is 3. The summed E-state index contributed by atoms with van der Waals surface area (Å²) in [6, 6.07) is 0. The Kier molecular flexibility index (Phi) is 5.24. The summed E-state index contributed by atoms with van der Waals surface area (Å²) in [7, 11) is -4.48. The van der Waals surface area contributed by atoms with Crippen molar-refractivity contribution in [3.05, 3.63) is 12.7 Å². The van der Waals surface area contributed by atoms with Crippen LogP contribution in [0.3, 0.4) is 0 Å². The van der Waals surface area contributed by atoms with E-state index in [1.54, 1.807) is 10.9 Å². The second-order valence-electron chi connectivity index (χ2n) is 4.66. The van der Waals surface area contributed by atoms with Gasteiger partial charge in [-0.3, -0.25) is 9.09 Å². The summed E-state index contributed by atoms with van der Waals surface area (Å²) in [6.45, 7) is -0.162. The predicted octanol–water partition coefficient (Wildman–Crippen LogP) is -0.185. The fraction of sp³-hybridized carbons (Fsp3) is 0.500. The van der Waals surface area contributed by atoms with E-state index in [9.17, 15) is 4.57 Å². The minimum atomic E-state index is -4.48. The summed E-state index contributed by atoms with van der Waals surface area (Å²) in [5.41, 5.74) is 6.77. The van der Waals surface area contributed by atoms with E-state index in [0.717, 1.165) is 0 Å². The maximum atomic E-state index is 10.7. The quantitative estimate of drug-likeness (QED) is 0.515. The minimum Gasteiger partial charge on any atom is -0.382 e. The summed E-state index contributed by atoms with van der Waals surface area (Å²) in [6.07, 6.45) is 3.47. The molecule has 115 valence electrons. The number of fused-ring (bicyclic) bond motifs is 1. The van der Waals surface area contributed by atoms with Gasteiger partial charge in [-0.2, -0.15) is 0 Å². The van der Waals surface area contributed by atoms with Gasteiger partial charge in [-0.1, -0.05) is 0 Å². The first-order chi connectivity index (χ1) is 9.94. The third-order valence-electron chi connectivity index (χ3n) is 3.21. The van der Waals surface area contributed by atoms with E-state index in [4.69, 9.17) is 20.3 Å². The van der Waals surface area contributed by atoms with E-state index in [1.807, 2.05) is 0 Å². The minimum absolute atomic E-state index is 0. The van der Waals surface area contributed by atoms with Gasteiger partial charge in [0.15, 0.2) is 11.5 Å². The van der Waals surface area contributed by atoms with Gasteiger partial charge in [0.25, 0.3) is 0 Å². The zero-order chi connectivity index (χ0) is 15.0. The van der Waals surface area contributed by atoms with Crippen LogP contribution in [0.25, 0.3) is 11.2 Å². The molecule has 12 heteroatoms. The number of rotatable bonds is 4. The molecule has 3 heterocycles. The predicted molar refractivity (Wildman–Crippen MR) is 76.6 cm³/mol. The molecule has 2 aromatic rings. The van der Waals surface area contributed by atoms with E-state index >= 15 is 0 Å². The van der Waals surface area contributed by atoms with Gasteiger partial charge in [0.05, 0.1) is 19.0 Å². The number of aromatic nitrogens is 4. The van der Waals surface area contributed by atoms with Crippen LogP contribution in [-0.2, 0) is 13.8 Å². The molecule has 1 aliphatic heterocycles.